The molecule has 0 bridgehead atoms. The van der Waals surface area contributed by atoms with Crippen LogP contribution in [0.1, 0.15) is 18.1 Å². The molecule has 2 rings (SSSR count). The summed E-state index contributed by atoms with van der Waals surface area (Å²) in [4.78, 5) is 22.4. The zero-order valence-corrected chi connectivity index (χ0v) is 9.69. The molecule has 0 radical (unpaired) electrons. The number of carboxylic acids is 1. The summed E-state index contributed by atoms with van der Waals surface area (Å²) < 4.78 is 0. The van der Waals surface area contributed by atoms with Crippen LogP contribution in [-0.2, 0) is 22.4 Å². The molecule has 0 spiro atoms. The largest absolute Gasteiger partial charge is 0.481 e. The maximum atomic E-state index is 11.5. The van der Waals surface area contributed by atoms with Crippen molar-refractivity contribution in [3.63, 3.8) is 0 Å². The van der Waals surface area contributed by atoms with Crippen LogP contribution in [0.25, 0.3) is 0 Å². The van der Waals surface area contributed by atoms with Crippen LogP contribution in [0.5, 0.6) is 0 Å². The number of carbonyl (C=O) groups excluding carboxylic acids is 1. The number of hydrogen-bond donors (Lipinski definition) is 2. The van der Waals surface area contributed by atoms with Crippen molar-refractivity contribution in [3.8, 4) is 0 Å². The SMILES string of the molecule is CC(=O)NCC1(C(=O)O)Cc2ccccc2C1. The number of benzene rings is 1. The molecule has 1 aromatic carbocycles. The predicted molar refractivity (Wildman–Crippen MR) is 62.6 cm³/mol. The van der Waals surface area contributed by atoms with Crippen molar-refractivity contribution >= 4 is 11.9 Å². The summed E-state index contributed by atoms with van der Waals surface area (Å²) in [7, 11) is 0. The zero-order valence-electron chi connectivity index (χ0n) is 9.69. The molecule has 0 aliphatic heterocycles. The lowest BCUT2D eigenvalue weighted by atomic mass is 9.84. The number of carboxylic acid groups (broad SMARTS) is 1. The van der Waals surface area contributed by atoms with Crippen LogP contribution in [0.4, 0.5) is 0 Å². The molecule has 1 aliphatic rings. The van der Waals surface area contributed by atoms with Gasteiger partial charge < -0.3 is 10.4 Å². The number of amides is 1. The van der Waals surface area contributed by atoms with Gasteiger partial charge in [-0.3, -0.25) is 9.59 Å². The highest BCUT2D eigenvalue weighted by atomic mass is 16.4. The molecule has 1 aromatic rings. The Morgan fingerprint density at radius 1 is 1.29 bits per heavy atom. The first kappa shape index (κ1) is 11.6. The van der Waals surface area contributed by atoms with E-state index in [-0.39, 0.29) is 12.5 Å². The highest BCUT2D eigenvalue weighted by molar-refractivity contribution is 5.79. The normalized spacial score (nSPS) is 16.3. The summed E-state index contributed by atoms with van der Waals surface area (Å²) >= 11 is 0. The Morgan fingerprint density at radius 3 is 2.24 bits per heavy atom. The van der Waals surface area contributed by atoms with Gasteiger partial charge in [0.05, 0.1) is 5.41 Å². The molecule has 1 amide bonds. The van der Waals surface area contributed by atoms with E-state index in [0.717, 1.165) is 11.1 Å². The summed E-state index contributed by atoms with van der Waals surface area (Å²) in [5.41, 5.74) is 1.26. The molecule has 0 fully saturated rings. The monoisotopic (exact) mass is 233 g/mol. The van der Waals surface area contributed by atoms with Crippen LogP contribution in [0.2, 0.25) is 0 Å². The van der Waals surface area contributed by atoms with Crippen LogP contribution in [-0.4, -0.2) is 23.5 Å². The summed E-state index contributed by atoms with van der Waals surface area (Å²) in [5.74, 6) is -1.04. The fourth-order valence-corrected chi connectivity index (χ4v) is 2.34. The molecule has 17 heavy (non-hydrogen) atoms. The molecule has 0 atom stereocenters. The highest BCUT2D eigenvalue weighted by Gasteiger charge is 2.43. The van der Waals surface area contributed by atoms with Gasteiger partial charge in [-0.15, -0.1) is 0 Å². The van der Waals surface area contributed by atoms with Crippen molar-refractivity contribution < 1.29 is 14.7 Å². The third kappa shape index (κ3) is 2.16. The lowest BCUT2D eigenvalue weighted by Gasteiger charge is -2.23. The maximum Gasteiger partial charge on any atom is 0.312 e. The number of fused-ring (bicyclic) bond motifs is 1. The predicted octanol–water partition coefficient (Wildman–Crippen LogP) is 0.992. The zero-order chi connectivity index (χ0) is 12.5. The number of nitrogens with one attached hydrogen (secondary N) is 1. The number of hydrogen-bond acceptors (Lipinski definition) is 2. The smallest absolute Gasteiger partial charge is 0.312 e. The minimum absolute atomic E-state index is 0.187. The van der Waals surface area contributed by atoms with Gasteiger partial charge in [-0.2, -0.15) is 0 Å². The number of rotatable bonds is 3. The molecule has 0 heterocycles. The van der Waals surface area contributed by atoms with Crippen molar-refractivity contribution in [3.05, 3.63) is 35.4 Å². The second kappa shape index (κ2) is 4.20. The van der Waals surface area contributed by atoms with E-state index in [9.17, 15) is 14.7 Å². The number of aliphatic carboxylic acids is 1. The third-order valence-corrected chi connectivity index (χ3v) is 3.31. The van der Waals surface area contributed by atoms with Gasteiger partial charge >= 0.3 is 5.97 Å². The Morgan fingerprint density at radius 2 is 1.82 bits per heavy atom. The van der Waals surface area contributed by atoms with E-state index in [2.05, 4.69) is 5.32 Å². The Bertz CT molecular complexity index is 442. The summed E-state index contributed by atoms with van der Waals surface area (Å²) in [6, 6.07) is 7.73. The van der Waals surface area contributed by atoms with Crippen molar-refractivity contribution in [1.29, 1.82) is 0 Å². The molecule has 2 N–H and O–H groups in total. The Kier molecular flexibility index (Phi) is 2.88. The van der Waals surface area contributed by atoms with Crippen LogP contribution in [0.15, 0.2) is 24.3 Å². The Balaban J connectivity index is 2.23. The van der Waals surface area contributed by atoms with E-state index >= 15 is 0 Å². The first-order valence-corrected chi connectivity index (χ1v) is 5.58. The van der Waals surface area contributed by atoms with E-state index in [1.807, 2.05) is 24.3 Å². The van der Waals surface area contributed by atoms with Gasteiger partial charge in [0.1, 0.15) is 0 Å². The first-order chi connectivity index (χ1) is 8.03. The minimum Gasteiger partial charge on any atom is -0.481 e. The number of carbonyl (C=O) groups is 2. The standard InChI is InChI=1S/C13H15NO3/c1-9(15)14-8-13(12(16)17)6-10-4-2-3-5-11(10)7-13/h2-5H,6-8H2,1H3,(H,14,15)(H,16,17). The molecule has 0 aromatic heterocycles. The molecule has 0 unspecified atom stereocenters. The summed E-state index contributed by atoms with van der Waals surface area (Å²) in [5, 5.41) is 12.0. The van der Waals surface area contributed by atoms with Crippen molar-refractivity contribution in [2.75, 3.05) is 6.54 Å². The average molecular weight is 233 g/mol. The Hall–Kier alpha value is -1.84. The summed E-state index contributed by atoms with van der Waals surface area (Å²) in [6.07, 6.45) is 0.970. The second-order valence-electron chi connectivity index (χ2n) is 4.62. The van der Waals surface area contributed by atoms with Crippen molar-refractivity contribution in [2.24, 2.45) is 5.41 Å². The van der Waals surface area contributed by atoms with Crippen molar-refractivity contribution in [1.82, 2.24) is 5.32 Å². The molecular formula is C13H15NO3. The third-order valence-electron chi connectivity index (χ3n) is 3.31. The molecule has 1 aliphatic carbocycles. The minimum atomic E-state index is -0.880. The fraction of sp³-hybridized carbons (Fsp3) is 0.385. The molecule has 4 nitrogen and oxygen atoms in total. The Labute approximate surface area is 99.6 Å². The lowest BCUT2D eigenvalue weighted by Crippen LogP contribution is -2.43. The topological polar surface area (TPSA) is 66.4 Å². The van der Waals surface area contributed by atoms with E-state index < -0.39 is 11.4 Å². The van der Waals surface area contributed by atoms with Crippen LogP contribution < -0.4 is 5.32 Å². The first-order valence-electron chi connectivity index (χ1n) is 5.58. The van der Waals surface area contributed by atoms with Gasteiger partial charge in [0, 0.05) is 13.5 Å². The van der Waals surface area contributed by atoms with Crippen molar-refractivity contribution in [2.45, 2.75) is 19.8 Å². The fourth-order valence-electron chi connectivity index (χ4n) is 2.34. The molecule has 0 saturated carbocycles. The highest BCUT2D eigenvalue weighted by Crippen LogP contribution is 2.36. The van der Waals surface area contributed by atoms with E-state index in [4.69, 9.17) is 0 Å². The molecule has 0 saturated heterocycles. The van der Waals surface area contributed by atoms with Gasteiger partial charge in [-0.05, 0) is 24.0 Å². The van der Waals surface area contributed by atoms with E-state index in [1.54, 1.807) is 0 Å². The second-order valence-corrected chi connectivity index (χ2v) is 4.62. The van der Waals surface area contributed by atoms with Crippen LogP contribution >= 0.6 is 0 Å². The molecule has 4 heteroatoms. The molecular weight excluding hydrogens is 218 g/mol. The van der Waals surface area contributed by atoms with E-state index in [0.29, 0.717) is 12.8 Å². The average Bonchev–Trinajstić information content (AvgIpc) is 2.66. The van der Waals surface area contributed by atoms with Gasteiger partial charge in [0.15, 0.2) is 0 Å². The van der Waals surface area contributed by atoms with Gasteiger partial charge in [-0.25, -0.2) is 0 Å². The van der Waals surface area contributed by atoms with Gasteiger partial charge in [-0.1, -0.05) is 24.3 Å². The quantitative estimate of drug-likeness (QED) is 0.818. The van der Waals surface area contributed by atoms with Gasteiger partial charge in [0.2, 0.25) is 5.91 Å². The molecule has 90 valence electrons. The van der Waals surface area contributed by atoms with Crippen LogP contribution in [0.3, 0.4) is 0 Å². The van der Waals surface area contributed by atoms with Gasteiger partial charge in [0.25, 0.3) is 0 Å². The maximum absolute atomic E-state index is 11.5. The lowest BCUT2D eigenvalue weighted by molar-refractivity contribution is -0.148. The van der Waals surface area contributed by atoms with E-state index in [1.165, 1.54) is 6.92 Å². The van der Waals surface area contributed by atoms with Crippen LogP contribution in [0, 0.1) is 5.41 Å². The summed E-state index contributed by atoms with van der Waals surface area (Å²) in [6.45, 7) is 1.59.